The Labute approximate surface area is 231 Å². The van der Waals surface area contributed by atoms with Crippen LogP contribution in [0, 0.1) is 0 Å². The fraction of sp³-hybridized carbons (Fsp3) is 0.406. The van der Waals surface area contributed by atoms with Gasteiger partial charge in [0.05, 0.1) is 38.8 Å². The van der Waals surface area contributed by atoms with Crippen molar-refractivity contribution < 1.29 is 24.9 Å². The maximum atomic E-state index is 13.9. The molecule has 2 N–H and O–H groups in total. The zero-order valence-corrected chi connectivity index (χ0v) is 24.5. The highest BCUT2D eigenvalue weighted by molar-refractivity contribution is 6.22. The number of hydrogen-bond acceptors (Lipinski definition) is 6. The number of allylic oxidation sites excluding steroid dienone is 5. The molecule has 0 saturated carbocycles. The van der Waals surface area contributed by atoms with Crippen LogP contribution in [0.1, 0.15) is 52.7 Å². The van der Waals surface area contributed by atoms with E-state index in [0.29, 0.717) is 15.6 Å². The second-order valence-electron chi connectivity index (χ2n) is 11.6. The number of hydrogen-bond donors (Lipinski definition) is 1. The molecule has 0 saturated heterocycles. The number of methoxy groups -OCH3 is 2. The van der Waals surface area contributed by atoms with Crippen LogP contribution in [-0.2, 0) is 15.6 Å². The van der Waals surface area contributed by atoms with Gasteiger partial charge in [-0.05, 0) is 69.7 Å². The normalized spacial score (nSPS) is 25.3. The zero-order valence-electron chi connectivity index (χ0n) is 24.5. The lowest BCUT2D eigenvalue weighted by Gasteiger charge is -2.36. The molecule has 2 aromatic carbocycles. The van der Waals surface area contributed by atoms with Crippen LogP contribution in [0.4, 0.5) is 11.4 Å². The van der Waals surface area contributed by atoms with E-state index < -0.39 is 5.41 Å². The molecule has 0 radical (unpaired) electrons. The van der Waals surface area contributed by atoms with E-state index in [0.717, 1.165) is 58.5 Å². The van der Waals surface area contributed by atoms with Gasteiger partial charge in [0, 0.05) is 35.0 Å². The van der Waals surface area contributed by atoms with Gasteiger partial charge in [-0.15, -0.1) is 0 Å². The van der Waals surface area contributed by atoms with Crippen LogP contribution < -0.4 is 18.9 Å². The predicted molar refractivity (Wildman–Crippen MR) is 155 cm³/mol. The maximum Gasteiger partial charge on any atom is 0.206 e. The quantitative estimate of drug-likeness (QED) is 0.368. The second-order valence-corrected chi connectivity index (χ2v) is 11.6. The molecule has 7 nitrogen and oxygen atoms in total. The van der Waals surface area contributed by atoms with Crippen molar-refractivity contribution in [3.05, 3.63) is 81.9 Å². The molecule has 1 atom stereocenters. The number of aliphatic hydroxyl groups is 1. The maximum absolute atomic E-state index is 13.9. The van der Waals surface area contributed by atoms with Crippen molar-refractivity contribution in [3.8, 4) is 11.5 Å². The van der Waals surface area contributed by atoms with E-state index in [1.54, 1.807) is 14.2 Å². The van der Waals surface area contributed by atoms with Gasteiger partial charge >= 0.3 is 0 Å². The molecule has 208 valence electrons. The fourth-order valence-electron chi connectivity index (χ4n) is 6.82. The highest BCUT2D eigenvalue weighted by atomic mass is 16.5. The van der Waals surface area contributed by atoms with Gasteiger partial charge in [0.2, 0.25) is 5.78 Å². The molecule has 1 aliphatic carbocycles. The van der Waals surface area contributed by atoms with Gasteiger partial charge in [-0.25, -0.2) is 0 Å². The van der Waals surface area contributed by atoms with Crippen molar-refractivity contribution in [2.24, 2.45) is 0 Å². The summed E-state index contributed by atoms with van der Waals surface area (Å²) >= 11 is 0. The molecule has 0 aromatic heterocycles. The van der Waals surface area contributed by atoms with Crippen LogP contribution >= 0.6 is 0 Å². The Morgan fingerprint density at radius 3 is 2.08 bits per heavy atom. The number of ketones is 1. The largest absolute Gasteiger partial charge is 0.870 e. The van der Waals surface area contributed by atoms with Crippen molar-refractivity contribution in [2.75, 3.05) is 39.3 Å². The van der Waals surface area contributed by atoms with E-state index in [4.69, 9.17) is 9.47 Å². The van der Waals surface area contributed by atoms with Crippen molar-refractivity contribution in [2.45, 2.75) is 52.4 Å². The monoisotopic (exact) mass is 532 g/mol. The molecule has 7 heteroatoms. The molecule has 0 fully saturated rings. The van der Waals surface area contributed by atoms with Gasteiger partial charge in [-0.3, -0.25) is 9.28 Å². The first-order valence-corrected chi connectivity index (χ1v) is 13.3. The number of carbonyl (C=O) groups is 1. The van der Waals surface area contributed by atoms with Gasteiger partial charge in [-0.2, -0.15) is 0 Å². The first-order chi connectivity index (χ1) is 17.9. The topological polar surface area (TPSA) is 89.0 Å². The zero-order chi connectivity index (χ0) is 27.8. The van der Waals surface area contributed by atoms with E-state index in [9.17, 15) is 9.90 Å². The molecular weight excluding hydrogens is 492 g/mol. The number of anilines is 1. The van der Waals surface area contributed by atoms with Crippen molar-refractivity contribution in [1.82, 2.24) is 4.48 Å². The molecule has 0 amide bonds. The number of likely N-dealkylation sites (N-methyl/N-ethyl adjacent to an activating group) is 2. The third-order valence-electron chi connectivity index (χ3n) is 9.02. The van der Waals surface area contributed by atoms with Crippen molar-refractivity contribution in [1.29, 1.82) is 0 Å². The summed E-state index contributed by atoms with van der Waals surface area (Å²) in [4.78, 5) is 16.1. The molecule has 2 heterocycles. The molecule has 1 unspecified atom stereocenters. The lowest BCUT2D eigenvalue weighted by atomic mass is 9.75. The van der Waals surface area contributed by atoms with E-state index in [-0.39, 0.29) is 22.4 Å². The van der Waals surface area contributed by atoms with Crippen LogP contribution in [0.3, 0.4) is 0 Å². The van der Waals surface area contributed by atoms with E-state index >= 15 is 0 Å². The molecular formula is C32H40N2O5. The SMILES string of the molecule is CCN1C(=CC2=C(O)C(=C3C(C)(C)c4cc(OC)ccc4[N+]3(C)CC)C2=O)C(C)(C)c2cc(OC)ccc21.[OH-]. The predicted octanol–water partition coefficient (Wildman–Crippen LogP) is 6.13. The van der Waals surface area contributed by atoms with Crippen molar-refractivity contribution >= 4 is 17.2 Å². The van der Waals surface area contributed by atoms with E-state index in [1.165, 1.54) is 0 Å². The Bertz CT molecular complexity index is 1460. The Kier molecular flexibility index (Phi) is 6.77. The molecule has 0 bridgehead atoms. The Morgan fingerprint density at radius 1 is 0.949 bits per heavy atom. The third-order valence-corrected chi connectivity index (χ3v) is 9.02. The third kappa shape index (κ3) is 3.67. The number of fused-ring (bicyclic) bond motifs is 2. The molecule has 2 aromatic rings. The Morgan fingerprint density at radius 2 is 1.54 bits per heavy atom. The number of aliphatic hydroxyl groups excluding tert-OH is 1. The summed E-state index contributed by atoms with van der Waals surface area (Å²) in [5.74, 6) is 1.58. The summed E-state index contributed by atoms with van der Waals surface area (Å²) < 4.78 is 11.5. The molecule has 0 spiro atoms. The number of carbonyl (C=O) groups excluding carboxylic acids is 1. The second kappa shape index (κ2) is 9.28. The van der Waals surface area contributed by atoms with Crippen LogP contribution in [0.25, 0.3) is 0 Å². The van der Waals surface area contributed by atoms with Crippen LogP contribution in [0.2, 0.25) is 0 Å². The number of rotatable bonds is 5. The molecule has 3 aliphatic rings. The number of ether oxygens (including phenoxy) is 2. The van der Waals surface area contributed by atoms with Crippen LogP contribution in [0.15, 0.2) is 70.8 Å². The summed E-state index contributed by atoms with van der Waals surface area (Å²) in [5.41, 5.74) is 6.43. The van der Waals surface area contributed by atoms with Crippen LogP contribution in [0.5, 0.6) is 11.5 Å². The number of nitrogens with zero attached hydrogens (tertiary/aromatic N) is 2. The first-order valence-electron chi connectivity index (χ1n) is 13.3. The summed E-state index contributed by atoms with van der Waals surface area (Å²) in [6.45, 7) is 14.3. The van der Waals surface area contributed by atoms with E-state index in [1.807, 2.05) is 18.2 Å². The lowest BCUT2D eigenvalue weighted by Crippen LogP contribution is -2.47. The minimum absolute atomic E-state index is 0. The lowest BCUT2D eigenvalue weighted by molar-refractivity contribution is -0.113. The highest BCUT2D eigenvalue weighted by Gasteiger charge is 2.56. The summed E-state index contributed by atoms with van der Waals surface area (Å²) in [5, 5.41) is 11.5. The van der Waals surface area contributed by atoms with Gasteiger partial charge in [0.25, 0.3) is 0 Å². The minimum Gasteiger partial charge on any atom is -0.870 e. The average Bonchev–Trinajstić information content (AvgIpc) is 3.23. The fourth-order valence-corrected chi connectivity index (χ4v) is 6.82. The minimum atomic E-state index is -0.457. The van der Waals surface area contributed by atoms with Gasteiger partial charge in [-0.1, -0.05) is 13.8 Å². The standard InChI is InChI=1S/C32H38N2O4.H2O/c1-10-33-24-14-12-19(37-8)16-22(24)31(3,4)26(33)18-21-28(35)27(29(21)36)30-32(5,6)23-17-20(38-9)13-15-25(23)34(30,7)11-2;/h12-18H,10-11H2,1-9H3;1H2. The van der Waals surface area contributed by atoms with Gasteiger partial charge < -0.3 is 25.0 Å². The van der Waals surface area contributed by atoms with Gasteiger partial charge in [0.1, 0.15) is 34.2 Å². The Balaban J connectivity index is 0.00000353. The number of benzene rings is 2. The Hall–Kier alpha value is -3.55. The smallest absolute Gasteiger partial charge is 0.206 e. The number of quaternary nitrogens is 1. The average molecular weight is 533 g/mol. The molecule has 5 rings (SSSR count). The molecule has 39 heavy (non-hydrogen) atoms. The summed E-state index contributed by atoms with van der Waals surface area (Å²) in [6, 6.07) is 12.2. The molecule has 2 aliphatic heterocycles. The first kappa shape index (κ1) is 28.5. The summed E-state index contributed by atoms with van der Waals surface area (Å²) in [7, 11) is 5.46. The van der Waals surface area contributed by atoms with Crippen molar-refractivity contribution in [3.63, 3.8) is 0 Å². The van der Waals surface area contributed by atoms with E-state index in [2.05, 4.69) is 77.8 Å². The highest BCUT2D eigenvalue weighted by Crippen LogP contribution is 2.56. The van der Waals surface area contributed by atoms with Crippen LogP contribution in [-0.4, -0.2) is 50.7 Å². The summed E-state index contributed by atoms with van der Waals surface area (Å²) in [6.07, 6.45) is 1.89. The number of Topliss-reactive ketones (excluding diaryl/α,β-unsaturated/α-hetero) is 1. The van der Waals surface area contributed by atoms with Gasteiger partial charge in [0.15, 0.2) is 0 Å².